The zero-order valence-electron chi connectivity index (χ0n) is 20.8. The highest BCUT2D eigenvalue weighted by molar-refractivity contribution is 5.69. The molecule has 7 nitrogen and oxygen atoms in total. The second kappa shape index (κ2) is 24.3. The van der Waals surface area contributed by atoms with E-state index in [1.165, 1.54) is 64.2 Å². The lowest BCUT2D eigenvalue weighted by Gasteiger charge is -2.19. The smallest absolute Gasteiger partial charge is 0.306 e. The van der Waals surface area contributed by atoms with E-state index in [9.17, 15) is 4.79 Å². The number of carbonyl (C=O) groups is 1. The van der Waals surface area contributed by atoms with Gasteiger partial charge in [-0.25, -0.2) is 0 Å². The van der Waals surface area contributed by atoms with Gasteiger partial charge in [-0.1, -0.05) is 96.0 Å². The number of hydrogen-bond acceptors (Lipinski definition) is 5. The highest BCUT2D eigenvalue weighted by Crippen LogP contribution is 2.15. The number of aliphatic hydroxyl groups is 1. The predicted molar refractivity (Wildman–Crippen MR) is 131 cm³/mol. The van der Waals surface area contributed by atoms with Crippen molar-refractivity contribution in [1.82, 2.24) is 0 Å². The average Bonchev–Trinajstić information content (AvgIpc) is 2.79. The molecule has 0 saturated heterocycles. The third-order valence-electron chi connectivity index (χ3n) is 5.73. The first-order chi connectivity index (χ1) is 15.7. The van der Waals surface area contributed by atoms with E-state index in [0.717, 1.165) is 32.1 Å². The van der Waals surface area contributed by atoms with E-state index < -0.39 is 6.04 Å². The number of hydrogen-bond donors (Lipinski definition) is 1. The van der Waals surface area contributed by atoms with Gasteiger partial charge in [-0.3, -0.25) is 4.79 Å². The molecular formula is C25H49N3O4. The Balaban J connectivity index is 4.11. The van der Waals surface area contributed by atoms with Crippen molar-refractivity contribution in [3.63, 3.8) is 0 Å². The van der Waals surface area contributed by atoms with Crippen LogP contribution in [0.25, 0.3) is 10.4 Å². The van der Waals surface area contributed by atoms with Gasteiger partial charge in [0.25, 0.3) is 0 Å². The summed E-state index contributed by atoms with van der Waals surface area (Å²) in [6.07, 6.45) is 18.8. The molecule has 0 saturated carbocycles. The highest BCUT2D eigenvalue weighted by Gasteiger charge is 2.15. The van der Waals surface area contributed by atoms with Crippen molar-refractivity contribution in [1.29, 1.82) is 0 Å². The van der Waals surface area contributed by atoms with Gasteiger partial charge >= 0.3 is 5.97 Å². The van der Waals surface area contributed by atoms with Crippen LogP contribution in [-0.2, 0) is 14.3 Å². The number of esters is 1. The van der Waals surface area contributed by atoms with E-state index in [2.05, 4.69) is 23.9 Å². The fourth-order valence-electron chi connectivity index (χ4n) is 3.69. The molecule has 0 aromatic heterocycles. The molecular weight excluding hydrogens is 406 g/mol. The minimum Gasteiger partial charge on any atom is -0.462 e. The second-order valence-corrected chi connectivity index (χ2v) is 8.80. The Morgan fingerprint density at radius 2 is 1.44 bits per heavy atom. The minimum atomic E-state index is -0.568. The lowest BCUT2D eigenvalue weighted by molar-refractivity contribution is -0.150. The normalized spacial score (nSPS) is 12.8. The monoisotopic (exact) mass is 455 g/mol. The van der Waals surface area contributed by atoms with E-state index in [0.29, 0.717) is 19.4 Å². The van der Waals surface area contributed by atoms with Crippen LogP contribution in [0.4, 0.5) is 0 Å². The number of ether oxygens (including phenoxy) is 2. The van der Waals surface area contributed by atoms with Crippen molar-refractivity contribution in [3.8, 4) is 0 Å². The van der Waals surface area contributed by atoms with Gasteiger partial charge in [0.05, 0.1) is 25.9 Å². The molecule has 0 aliphatic rings. The van der Waals surface area contributed by atoms with Crippen molar-refractivity contribution < 1.29 is 19.4 Å². The van der Waals surface area contributed by atoms with Gasteiger partial charge in [0.2, 0.25) is 0 Å². The Kier molecular flexibility index (Phi) is 23.4. The second-order valence-electron chi connectivity index (χ2n) is 8.80. The van der Waals surface area contributed by atoms with Gasteiger partial charge in [-0.15, -0.1) is 0 Å². The predicted octanol–water partition coefficient (Wildman–Crippen LogP) is 7.26. The summed E-state index contributed by atoms with van der Waals surface area (Å²) < 4.78 is 11.3. The number of aliphatic hydroxyl groups excluding tert-OH is 1. The summed E-state index contributed by atoms with van der Waals surface area (Å²) in [5, 5.41) is 12.6. The molecule has 0 aliphatic heterocycles. The van der Waals surface area contributed by atoms with Crippen LogP contribution < -0.4 is 0 Å². The van der Waals surface area contributed by atoms with Gasteiger partial charge in [0, 0.05) is 17.8 Å². The summed E-state index contributed by atoms with van der Waals surface area (Å²) in [6.45, 7) is 4.80. The molecule has 2 atom stereocenters. The molecule has 0 fully saturated rings. The lowest BCUT2D eigenvalue weighted by Crippen LogP contribution is -2.22. The van der Waals surface area contributed by atoms with Crippen LogP contribution in [0.2, 0.25) is 0 Å². The van der Waals surface area contributed by atoms with Crippen LogP contribution >= 0.6 is 0 Å². The quantitative estimate of drug-likeness (QED) is 0.0543. The van der Waals surface area contributed by atoms with Gasteiger partial charge in [-0.2, -0.15) is 0 Å². The molecule has 0 aromatic carbocycles. The minimum absolute atomic E-state index is 0.103. The molecule has 0 spiro atoms. The molecule has 7 heteroatoms. The van der Waals surface area contributed by atoms with E-state index >= 15 is 0 Å². The Hall–Kier alpha value is -1.30. The number of unbranched alkanes of at least 4 members (excludes halogenated alkanes) is 12. The lowest BCUT2D eigenvalue weighted by atomic mass is 10.1. The summed E-state index contributed by atoms with van der Waals surface area (Å²) >= 11 is 0. The van der Waals surface area contributed by atoms with Crippen molar-refractivity contribution in [2.75, 3.05) is 19.8 Å². The van der Waals surface area contributed by atoms with Gasteiger partial charge in [0.1, 0.15) is 6.10 Å². The van der Waals surface area contributed by atoms with Gasteiger partial charge in [0.15, 0.2) is 0 Å². The zero-order valence-corrected chi connectivity index (χ0v) is 20.8. The first-order valence-corrected chi connectivity index (χ1v) is 13.1. The van der Waals surface area contributed by atoms with Crippen LogP contribution in [0.5, 0.6) is 0 Å². The molecule has 0 unspecified atom stereocenters. The average molecular weight is 456 g/mol. The van der Waals surface area contributed by atoms with Crippen LogP contribution in [-0.4, -0.2) is 43.0 Å². The van der Waals surface area contributed by atoms with E-state index in [1.807, 2.05) is 0 Å². The maximum Gasteiger partial charge on any atom is 0.306 e. The van der Waals surface area contributed by atoms with Crippen molar-refractivity contribution >= 4 is 5.97 Å². The molecule has 0 radical (unpaired) electrons. The molecule has 0 heterocycles. The molecule has 0 aliphatic carbocycles. The van der Waals surface area contributed by atoms with Gasteiger partial charge < -0.3 is 14.6 Å². The van der Waals surface area contributed by atoms with Crippen molar-refractivity contribution in [2.45, 2.75) is 135 Å². The van der Waals surface area contributed by atoms with Gasteiger partial charge in [-0.05, 0) is 24.8 Å². The summed E-state index contributed by atoms with van der Waals surface area (Å²) in [5.41, 5.74) is 8.47. The van der Waals surface area contributed by atoms with Crippen LogP contribution in [0.1, 0.15) is 123 Å². The SMILES string of the molecule is CCCCCCCCCCCC(=O)O[C@H](CCCCCCC)CCOC[C@H](CO)N=[N+]=[N-]. The van der Waals surface area contributed by atoms with Crippen LogP contribution in [0, 0.1) is 0 Å². The third kappa shape index (κ3) is 20.6. The van der Waals surface area contributed by atoms with E-state index in [-0.39, 0.29) is 25.3 Å². The van der Waals surface area contributed by atoms with E-state index in [1.54, 1.807) is 0 Å². The highest BCUT2D eigenvalue weighted by atomic mass is 16.5. The molecule has 1 N–H and O–H groups in total. The molecule has 0 amide bonds. The van der Waals surface area contributed by atoms with Crippen LogP contribution in [0.15, 0.2) is 5.11 Å². The summed E-state index contributed by atoms with van der Waals surface area (Å²) in [4.78, 5) is 15.0. The number of carbonyl (C=O) groups excluding carboxylic acids is 1. The number of rotatable bonds is 24. The zero-order chi connectivity index (χ0) is 23.7. The third-order valence-corrected chi connectivity index (χ3v) is 5.73. The maximum atomic E-state index is 12.3. The Labute approximate surface area is 196 Å². The van der Waals surface area contributed by atoms with Crippen LogP contribution in [0.3, 0.4) is 0 Å². The molecule has 0 aromatic rings. The maximum absolute atomic E-state index is 12.3. The Morgan fingerprint density at radius 1 is 0.875 bits per heavy atom. The summed E-state index contributed by atoms with van der Waals surface area (Å²) in [6, 6.07) is -0.568. The first kappa shape index (κ1) is 30.7. The largest absolute Gasteiger partial charge is 0.462 e. The Morgan fingerprint density at radius 3 is 2.00 bits per heavy atom. The standard InChI is InChI=1S/C25H49N3O4/c1-3-5-7-9-10-11-12-14-16-18-25(30)32-24(17-15-13-8-6-4-2)19-20-31-22-23(21-29)27-28-26/h23-24,29H,3-22H2,1-2H3/t23-,24+/m0/s1. The molecule has 188 valence electrons. The summed E-state index contributed by atoms with van der Waals surface area (Å²) in [5.74, 6) is -0.103. The Bertz CT molecular complexity index is 470. The van der Waals surface area contributed by atoms with Crippen molar-refractivity contribution in [3.05, 3.63) is 10.4 Å². The molecule has 0 bridgehead atoms. The summed E-state index contributed by atoms with van der Waals surface area (Å²) in [7, 11) is 0. The fraction of sp³-hybridized carbons (Fsp3) is 0.960. The molecule has 32 heavy (non-hydrogen) atoms. The fourth-order valence-corrected chi connectivity index (χ4v) is 3.69. The number of azide groups is 1. The topological polar surface area (TPSA) is 105 Å². The van der Waals surface area contributed by atoms with E-state index in [4.69, 9.17) is 20.1 Å². The number of nitrogens with zero attached hydrogens (tertiary/aromatic N) is 3. The first-order valence-electron chi connectivity index (χ1n) is 13.1. The van der Waals surface area contributed by atoms with Crippen molar-refractivity contribution in [2.24, 2.45) is 5.11 Å². The molecule has 0 rings (SSSR count).